The van der Waals surface area contributed by atoms with Gasteiger partial charge in [0.15, 0.2) is 0 Å². The molecule has 0 unspecified atom stereocenters. The number of unbranched alkanes of at least 4 members (excludes halogenated alkanes) is 3. The Bertz CT molecular complexity index is 160. The molecule has 0 saturated heterocycles. The number of amides is 1. The van der Waals surface area contributed by atoms with E-state index in [2.05, 4.69) is 6.92 Å². The fraction of sp³-hybridized carbons (Fsp3) is 0.929. The molecule has 0 atom stereocenters. The number of hydrogen-bond donors (Lipinski definition) is 0. The highest BCUT2D eigenvalue weighted by molar-refractivity contribution is 5.72. The predicted octanol–water partition coefficient (Wildman–Crippen LogP) is 3.48. The lowest BCUT2D eigenvalue weighted by Crippen LogP contribution is -2.24. The number of nitrogens with zero attached hydrogens (tertiary/aromatic N) is 1. The minimum Gasteiger partial charge on any atom is -0.381 e. The van der Waals surface area contributed by atoms with Crippen LogP contribution in [0.2, 0.25) is 0 Å². The normalized spacial score (nSPS) is 9.47. The van der Waals surface area contributed by atoms with Gasteiger partial charge in [0, 0.05) is 33.7 Å². The highest BCUT2D eigenvalue weighted by Crippen LogP contribution is 1.97. The van der Waals surface area contributed by atoms with E-state index in [0.29, 0.717) is 0 Å². The monoisotopic (exact) mass is 245 g/mol. The van der Waals surface area contributed by atoms with Gasteiger partial charge in [-0.3, -0.25) is 4.79 Å². The first kappa shape index (κ1) is 18.8. The Balaban J connectivity index is 0. The minimum absolute atomic E-state index is 0.138. The van der Waals surface area contributed by atoms with Gasteiger partial charge in [0.25, 0.3) is 0 Å². The van der Waals surface area contributed by atoms with Crippen molar-refractivity contribution >= 4 is 5.91 Å². The van der Waals surface area contributed by atoms with Gasteiger partial charge in [0.05, 0.1) is 0 Å². The second-order valence-corrected chi connectivity index (χ2v) is 3.97. The Morgan fingerprint density at radius 2 is 1.59 bits per heavy atom. The van der Waals surface area contributed by atoms with Gasteiger partial charge >= 0.3 is 0 Å². The molecule has 0 aliphatic rings. The summed E-state index contributed by atoms with van der Waals surface area (Å²) < 4.78 is 5.47. The predicted molar refractivity (Wildman–Crippen MR) is 74.2 cm³/mol. The first-order valence-corrected chi connectivity index (χ1v) is 6.98. The van der Waals surface area contributed by atoms with Crippen LogP contribution in [0.4, 0.5) is 0 Å². The van der Waals surface area contributed by atoms with E-state index in [1.165, 1.54) is 19.3 Å². The number of carbonyl (C=O) groups excluding carboxylic acids is 1. The number of hydrogen-bond acceptors (Lipinski definition) is 2. The average molecular weight is 245 g/mol. The molecule has 0 spiro atoms. The lowest BCUT2D eigenvalue weighted by molar-refractivity contribution is -0.127. The Hall–Kier alpha value is -0.570. The molecule has 0 bridgehead atoms. The van der Waals surface area contributed by atoms with Crippen LogP contribution in [0, 0.1) is 0 Å². The van der Waals surface area contributed by atoms with E-state index in [4.69, 9.17) is 4.74 Å². The molecular formula is C14H31NO2. The third-order valence-electron chi connectivity index (χ3n) is 2.46. The zero-order valence-electron chi connectivity index (χ0n) is 12.4. The summed E-state index contributed by atoms with van der Waals surface area (Å²) in [6.45, 7) is 10.3. The molecule has 0 rings (SSSR count). The molecule has 0 aliphatic carbocycles. The maximum absolute atomic E-state index is 10.9. The fourth-order valence-corrected chi connectivity index (χ4v) is 1.27. The molecule has 0 aromatic carbocycles. The molecule has 0 aliphatic heterocycles. The van der Waals surface area contributed by atoms with Crippen molar-refractivity contribution in [1.82, 2.24) is 4.90 Å². The zero-order valence-corrected chi connectivity index (χ0v) is 12.4. The van der Waals surface area contributed by atoms with Crippen LogP contribution in [0.3, 0.4) is 0 Å². The zero-order chi connectivity index (χ0) is 13.5. The molecular weight excluding hydrogens is 214 g/mol. The minimum atomic E-state index is 0.138. The molecule has 3 nitrogen and oxygen atoms in total. The molecule has 0 radical (unpaired) electrons. The van der Waals surface area contributed by atoms with Crippen LogP contribution >= 0.6 is 0 Å². The standard InChI is InChI=1S/C12H25NO2.C2H6/c1-4-5-7-10-15-11-8-6-9-13(3)12(2)14;1-2/h4-11H2,1-3H3;1-2H3. The van der Waals surface area contributed by atoms with Crippen LogP contribution < -0.4 is 0 Å². The number of carbonyl (C=O) groups is 1. The molecule has 17 heavy (non-hydrogen) atoms. The quantitative estimate of drug-likeness (QED) is 0.582. The molecule has 0 fully saturated rings. The van der Waals surface area contributed by atoms with Gasteiger partial charge in [-0.1, -0.05) is 33.6 Å². The lowest BCUT2D eigenvalue weighted by Gasteiger charge is -2.14. The first-order chi connectivity index (χ1) is 8.18. The summed E-state index contributed by atoms with van der Waals surface area (Å²) in [4.78, 5) is 12.6. The van der Waals surface area contributed by atoms with Crippen LogP contribution in [0.1, 0.15) is 59.8 Å². The van der Waals surface area contributed by atoms with E-state index >= 15 is 0 Å². The van der Waals surface area contributed by atoms with Gasteiger partial charge in [0.1, 0.15) is 0 Å². The topological polar surface area (TPSA) is 29.5 Å². The van der Waals surface area contributed by atoms with E-state index in [9.17, 15) is 4.79 Å². The maximum atomic E-state index is 10.9. The number of ether oxygens (including phenoxy) is 1. The van der Waals surface area contributed by atoms with Crippen molar-refractivity contribution in [3.8, 4) is 0 Å². The molecule has 3 heteroatoms. The Kier molecular flexibility index (Phi) is 17.1. The summed E-state index contributed by atoms with van der Waals surface area (Å²) in [6, 6.07) is 0. The van der Waals surface area contributed by atoms with Crippen molar-refractivity contribution in [3.05, 3.63) is 0 Å². The summed E-state index contributed by atoms with van der Waals surface area (Å²) in [6.07, 6.45) is 5.75. The van der Waals surface area contributed by atoms with Crippen LogP contribution in [0.5, 0.6) is 0 Å². The summed E-state index contributed by atoms with van der Waals surface area (Å²) in [7, 11) is 1.84. The van der Waals surface area contributed by atoms with Gasteiger partial charge in [-0.25, -0.2) is 0 Å². The summed E-state index contributed by atoms with van der Waals surface area (Å²) in [5.74, 6) is 0.138. The van der Waals surface area contributed by atoms with Crippen molar-refractivity contribution in [2.24, 2.45) is 0 Å². The SMILES string of the molecule is CC.CCCCCOCCCCN(C)C(C)=O. The first-order valence-electron chi connectivity index (χ1n) is 6.98. The Labute approximate surface area is 108 Å². The van der Waals surface area contributed by atoms with E-state index in [0.717, 1.165) is 32.6 Å². The van der Waals surface area contributed by atoms with E-state index in [1.807, 2.05) is 20.9 Å². The average Bonchev–Trinajstić information content (AvgIpc) is 2.34. The van der Waals surface area contributed by atoms with E-state index in [1.54, 1.807) is 11.8 Å². The molecule has 1 amide bonds. The summed E-state index contributed by atoms with van der Waals surface area (Å²) in [5.41, 5.74) is 0. The highest BCUT2D eigenvalue weighted by atomic mass is 16.5. The second kappa shape index (κ2) is 15.4. The van der Waals surface area contributed by atoms with Crippen LogP contribution in [0.25, 0.3) is 0 Å². The third kappa shape index (κ3) is 15.4. The summed E-state index contributed by atoms with van der Waals surface area (Å²) >= 11 is 0. The molecule has 0 N–H and O–H groups in total. The van der Waals surface area contributed by atoms with Gasteiger partial charge < -0.3 is 9.64 Å². The van der Waals surface area contributed by atoms with Gasteiger partial charge in [-0.15, -0.1) is 0 Å². The van der Waals surface area contributed by atoms with Gasteiger partial charge in [-0.2, -0.15) is 0 Å². The van der Waals surface area contributed by atoms with Crippen molar-refractivity contribution in [2.75, 3.05) is 26.8 Å². The van der Waals surface area contributed by atoms with Crippen LogP contribution in [0.15, 0.2) is 0 Å². The largest absolute Gasteiger partial charge is 0.381 e. The fourth-order valence-electron chi connectivity index (χ4n) is 1.27. The number of rotatable bonds is 9. The maximum Gasteiger partial charge on any atom is 0.219 e. The van der Waals surface area contributed by atoms with E-state index in [-0.39, 0.29) is 5.91 Å². The molecule has 0 heterocycles. The van der Waals surface area contributed by atoms with Crippen molar-refractivity contribution in [2.45, 2.75) is 59.8 Å². The highest BCUT2D eigenvalue weighted by Gasteiger charge is 2.00. The Morgan fingerprint density at radius 3 is 2.06 bits per heavy atom. The molecule has 0 saturated carbocycles. The second-order valence-electron chi connectivity index (χ2n) is 3.97. The third-order valence-corrected chi connectivity index (χ3v) is 2.46. The summed E-state index contributed by atoms with van der Waals surface area (Å²) in [5, 5.41) is 0. The van der Waals surface area contributed by atoms with Crippen molar-refractivity contribution < 1.29 is 9.53 Å². The van der Waals surface area contributed by atoms with Crippen LogP contribution in [-0.4, -0.2) is 37.6 Å². The lowest BCUT2D eigenvalue weighted by atomic mass is 10.3. The Morgan fingerprint density at radius 1 is 1.06 bits per heavy atom. The van der Waals surface area contributed by atoms with Crippen molar-refractivity contribution in [3.63, 3.8) is 0 Å². The van der Waals surface area contributed by atoms with E-state index < -0.39 is 0 Å². The smallest absolute Gasteiger partial charge is 0.219 e. The molecule has 0 aromatic heterocycles. The molecule has 0 aromatic rings. The van der Waals surface area contributed by atoms with Crippen LogP contribution in [-0.2, 0) is 9.53 Å². The molecule has 104 valence electrons. The van der Waals surface area contributed by atoms with Gasteiger partial charge in [-0.05, 0) is 19.3 Å². The van der Waals surface area contributed by atoms with Gasteiger partial charge in [0.2, 0.25) is 5.91 Å². The van der Waals surface area contributed by atoms with Crippen molar-refractivity contribution in [1.29, 1.82) is 0 Å².